The molecule has 2 fully saturated rings. The molecule has 0 aromatic carbocycles. The fourth-order valence-corrected chi connectivity index (χ4v) is 3.34. The number of urea groups is 1. The van der Waals surface area contributed by atoms with Crippen molar-refractivity contribution in [3.63, 3.8) is 0 Å². The molecule has 1 saturated heterocycles. The van der Waals surface area contributed by atoms with Crippen molar-refractivity contribution in [3.05, 3.63) is 0 Å². The average molecular weight is 277 g/mol. The fraction of sp³-hybridized carbons (Fsp3) is 0.800. The Hall–Kier alpha value is -1.57. The zero-order chi connectivity index (χ0) is 15.0. The number of nitriles is 1. The van der Waals surface area contributed by atoms with Crippen molar-refractivity contribution < 1.29 is 9.59 Å². The summed E-state index contributed by atoms with van der Waals surface area (Å²) in [5, 5.41) is 11.6. The molecule has 110 valence electrons. The van der Waals surface area contributed by atoms with Gasteiger partial charge >= 0.3 is 6.03 Å². The van der Waals surface area contributed by atoms with E-state index in [9.17, 15) is 9.59 Å². The van der Waals surface area contributed by atoms with Crippen molar-refractivity contribution in [1.29, 1.82) is 5.26 Å². The number of amides is 3. The normalized spacial score (nSPS) is 30.5. The maximum absolute atomic E-state index is 12.3. The Balaban J connectivity index is 2.18. The predicted octanol–water partition coefficient (Wildman–Crippen LogP) is 2.43. The molecule has 2 unspecified atom stereocenters. The lowest BCUT2D eigenvalue weighted by molar-refractivity contribution is -0.129. The van der Waals surface area contributed by atoms with E-state index in [1.807, 2.05) is 13.8 Å². The second-order valence-electron chi connectivity index (χ2n) is 6.89. The Morgan fingerprint density at radius 1 is 1.50 bits per heavy atom. The van der Waals surface area contributed by atoms with E-state index in [0.29, 0.717) is 18.9 Å². The minimum Gasteiger partial charge on any atom is -0.310 e. The zero-order valence-corrected chi connectivity index (χ0v) is 12.5. The molecule has 0 radical (unpaired) electrons. The molecule has 2 rings (SSSR count). The van der Waals surface area contributed by atoms with Crippen LogP contribution in [0.2, 0.25) is 0 Å². The SMILES string of the molecule is CC1CCCC2(C1)C(=O)NC(=O)N2CCC(C)(C)C#N. The zero-order valence-electron chi connectivity index (χ0n) is 12.5. The molecule has 1 heterocycles. The van der Waals surface area contributed by atoms with E-state index < -0.39 is 11.0 Å². The topological polar surface area (TPSA) is 73.2 Å². The number of carbonyl (C=O) groups is 2. The van der Waals surface area contributed by atoms with Gasteiger partial charge in [-0.15, -0.1) is 0 Å². The lowest BCUT2D eigenvalue weighted by atomic mass is 9.75. The van der Waals surface area contributed by atoms with Crippen LogP contribution in [0.1, 0.15) is 52.9 Å². The van der Waals surface area contributed by atoms with Gasteiger partial charge in [-0.3, -0.25) is 10.1 Å². The van der Waals surface area contributed by atoms with E-state index in [4.69, 9.17) is 5.26 Å². The fourth-order valence-electron chi connectivity index (χ4n) is 3.34. The first-order valence-corrected chi connectivity index (χ1v) is 7.35. The number of nitrogens with zero attached hydrogens (tertiary/aromatic N) is 2. The van der Waals surface area contributed by atoms with E-state index in [2.05, 4.69) is 18.3 Å². The van der Waals surface area contributed by atoms with Gasteiger partial charge in [-0.1, -0.05) is 19.8 Å². The van der Waals surface area contributed by atoms with Crippen LogP contribution >= 0.6 is 0 Å². The predicted molar refractivity (Wildman–Crippen MR) is 74.6 cm³/mol. The molecule has 1 spiro atoms. The molecule has 2 atom stereocenters. The summed E-state index contributed by atoms with van der Waals surface area (Å²) in [5.41, 5.74) is -1.15. The number of rotatable bonds is 3. The second-order valence-corrected chi connectivity index (χ2v) is 6.89. The average Bonchev–Trinajstić information content (AvgIpc) is 2.59. The van der Waals surface area contributed by atoms with Gasteiger partial charge in [-0.2, -0.15) is 5.26 Å². The van der Waals surface area contributed by atoms with E-state index in [-0.39, 0.29) is 11.9 Å². The van der Waals surface area contributed by atoms with E-state index in [0.717, 1.165) is 25.7 Å². The number of hydrogen-bond donors (Lipinski definition) is 1. The van der Waals surface area contributed by atoms with Crippen molar-refractivity contribution in [1.82, 2.24) is 10.2 Å². The smallest absolute Gasteiger partial charge is 0.310 e. The summed E-state index contributed by atoms with van der Waals surface area (Å²) in [7, 11) is 0. The molecule has 0 bridgehead atoms. The lowest BCUT2D eigenvalue weighted by Gasteiger charge is -2.41. The van der Waals surface area contributed by atoms with Crippen molar-refractivity contribution in [2.24, 2.45) is 11.3 Å². The summed E-state index contributed by atoms with van der Waals surface area (Å²) in [6.07, 6.45) is 4.14. The van der Waals surface area contributed by atoms with E-state index in [1.165, 1.54) is 0 Å². The van der Waals surface area contributed by atoms with Gasteiger partial charge in [0.05, 0.1) is 11.5 Å². The molecule has 5 heteroatoms. The Morgan fingerprint density at radius 2 is 2.20 bits per heavy atom. The molecular formula is C15H23N3O2. The van der Waals surface area contributed by atoms with Gasteiger partial charge in [0.25, 0.3) is 5.91 Å². The first-order chi connectivity index (χ1) is 9.31. The second kappa shape index (κ2) is 5.08. The highest BCUT2D eigenvalue weighted by Crippen LogP contribution is 2.40. The minimum absolute atomic E-state index is 0.149. The van der Waals surface area contributed by atoms with Gasteiger partial charge < -0.3 is 4.90 Å². The Labute approximate surface area is 120 Å². The van der Waals surface area contributed by atoms with E-state index >= 15 is 0 Å². The van der Waals surface area contributed by atoms with Crippen LogP contribution in [0.5, 0.6) is 0 Å². The van der Waals surface area contributed by atoms with Crippen LogP contribution < -0.4 is 5.32 Å². The van der Waals surface area contributed by atoms with Crippen LogP contribution in [-0.2, 0) is 4.79 Å². The maximum atomic E-state index is 12.3. The quantitative estimate of drug-likeness (QED) is 0.805. The van der Waals surface area contributed by atoms with Crippen LogP contribution in [0.25, 0.3) is 0 Å². The van der Waals surface area contributed by atoms with Gasteiger partial charge in [0.1, 0.15) is 5.54 Å². The molecule has 1 N–H and O–H groups in total. The van der Waals surface area contributed by atoms with E-state index in [1.54, 1.807) is 4.90 Å². The van der Waals surface area contributed by atoms with Gasteiger partial charge in [-0.05, 0) is 39.0 Å². The number of imide groups is 1. The van der Waals surface area contributed by atoms with Crippen LogP contribution in [0.15, 0.2) is 0 Å². The molecule has 0 aromatic rings. The highest BCUT2D eigenvalue weighted by molar-refractivity contribution is 6.07. The van der Waals surface area contributed by atoms with Gasteiger partial charge in [0.15, 0.2) is 0 Å². The van der Waals surface area contributed by atoms with Crippen molar-refractivity contribution >= 4 is 11.9 Å². The number of nitrogens with one attached hydrogen (secondary N) is 1. The van der Waals surface area contributed by atoms with Crippen LogP contribution in [-0.4, -0.2) is 28.9 Å². The van der Waals surface area contributed by atoms with Gasteiger partial charge in [0.2, 0.25) is 0 Å². The molecule has 2 aliphatic rings. The van der Waals surface area contributed by atoms with Crippen molar-refractivity contribution in [2.45, 2.75) is 58.4 Å². The number of carbonyl (C=O) groups excluding carboxylic acids is 2. The Bertz CT molecular complexity index is 466. The van der Waals surface area contributed by atoms with Crippen LogP contribution in [0.4, 0.5) is 4.79 Å². The molecule has 1 aliphatic heterocycles. The van der Waals surface area contributed by atoms with Gasteiger partial charge in [-0.25, -0.2) is 4.79 Å². The Morgan fingerprint density at radius 3 is 2.80 bits per heavy atom. The summed E-state index contributed by atoms with van der Waals surface area (Å²) >= 11 is 0. The van der Waals surface area contributed by atoms with Crippen LogP contribution in [0.3, 0.4) is 0 Å². The summed E-state index contributed by atoms with van der Waals surface area (Å²) in [4.78, 5) is 26.0. The molecule has 20 heavy (non-hydrogen) atoms. The van der Waals surface area contributed by atoms with Crippen molar-refractivity contribution in [3.8, 4) is 6.07 Å². The highest BCUT2D eigenvalue weighted by atomic mass is 16.2. The third kappa shape index (κ3) is 2.52. The molecule has 1 aliphatic carbocycles. The summed E-state index contributed by atoms with van der Waals surface area (Å²) in [6.45, 7) is 6.32. The maximum Gasteiger partial charge on any atom is 0.325 e. The molecule has 0 aromatic heterocycles. The molecule has 5 nitrogen and oxygen atoms in total. The summed E-state index contributed by atoms with van der Waals surface area (Å²) < 4.78 is 0. The summed E-state index contributed by atoms with van der Waals surface area (Å²) in [5.74, 6) is 0.302. The first-order valence-electron chi connectivity index (χ1n) is 7.35. The third-order valence-corrected chi connectivity index (χ3v) is 4.64. The molecule has 3 amide bonds. The Kier molecular flexibility index (Phi) is 3.77. The monoisotopic (exact) mass is 277 g/mol. The summed E-state index contributed by atoms with van der Waals surface area (Å²) in [6, 6.07) is 1.95. The third-order valence-electron chi connectivity index (χ3n) is 4.64. The largest absolute Gasteiger partial charge is 0.325 e. The standard InChI is InChI=1S/C15H23N3O2/c1-11-5-4-6-15(9-11)12(19)17-13(20)18(15)8-7-14(2,3)10-16/h11H,4-9H2,1-3H3,(H,17,19,20). The number of hydrogen-bond acceptors (Lipinski definition) is 3. The first kappa shape index (κ1) is 14.8. The minimum atomic E-state index is -0.666. The van der Waals surface area contributed by atoms with Crippen molar-refractivity contribution in [2.75, 3.05) is 6.54 Å². The molecule has 1 saturated carbocycles. The van der Waals surface area contributed by atoms with Crippen LogP contribution in [0, 0.1) is 22.7 Å². The highest BCUT2D eigenvalue weighted by Gasteiger charge is 2.54. The molecular weight excluding hydrogens is 254 g/mol. The lowest BCUT2D eigenvalue weighted by Crippen LogP contribution is -2.53. The van der Waals surface area contributed by atoms with Gasteiger partial charge in [0, 0.05) is 6.54 Å².